The van der Waals surface area contributed by atoms with Crippen molar-refractivity contribution in [2.75, 3.05) is 19.6 Å². The van der Waals surface area contributed by atoms with Crippen LogP contribution in [-0.2, 0) is 27.4 Å². The highest BCUT2D eigenvalue weighted by atomic mass is 16.7. The average Bonchev–Trinajstić information content (AvgIpc) is 2.83. The van der Waals surface area contributed by atoms with Gasteiger partial charge in [0.2, 0.25) is 5.91 Å². The first-order valence-corrected chi connectivity index (χ1v) is 11.7. The van der Waals surface area contributed by atoms with Crippen LogP contribution in [0.15, 0.2) is 48.5 Å². The largest absolute Gasteiger partial charge is 0.392 e. The smallest absolute Gasteiger partial charge is 0.217 e. The molecule has 1 amide bonds. The normalized spacial score (nSPS) is 24.2. The number of piperidine rings is 1. The molecule has 3 atom stereocenters. The summed E-state index contributed by atoms with van der Waals surface area (Å²) in [5, 5.41) is 12.2. The minimum atomic E-state index is -0.434. The summed E-state index contributed by atoms with van der Waals surface area (Å²) in [7, 11) is 0. The number of aliphatic hydroxyl groups excluding tert-OH is 1. The van der Waals surface area contributed by atoms with Crippen molar-refractivity contribution in [3.05, 3.63) is 70.8 Å². The maximum atomic E-state index is 11.2. The van der Waals surface area contributed by atoms with E-state index < -0.39 is 6.29 Å². The van der Waals surface area contributed by atoms with Gasteiger partial charge in [-0.3, -0.25) is 4.79 Å². The Hall–Kier alpha value is -2.25. The quantitative estimate of drug-likeness (QED) is 0.687. The third-order valence-electron chi connectivity index (χ3n) is 6.32. The molecule has 0 saturated carbocycles. The van der Waals surface area contributed by atoms with Gasteiger partial charge in [0.15, 0.2) is 6.29 Å². The summed E-state index contributed by atoms with van der Waals surface area (Å²) < 4.78 is 12.9. The summed E-state index contributed by atoms with van der Waals surface area (Å²) in [6, 6.07) is 16.1. The van der Waals surface area contributed by atoms with Gasteiger partial charge in [0.05, 0.1) is 18.8 Å². The summed E-state index contributed by atoms with van der Waals surface area (Å²) in [5.41, 5.74) is 4.04. The van der Waals surface area contributed by atoms with Gasteiger partial charge in [0, 0.05) is 32.0 Å². The lowest BCUT2D eigenvalue weighted by atomic mass is 9.99. The van der Waals surface area contributed by atoms with Crippen molar-refractivity contribution >= 4 is 5.91 Å². The van der Waals surface area contributed by atoms with Crippen LogP contribution in [0.5, 0.6) is 0 Å². The van der Waals surface area contributed by atoms with Crippen molar-refractivity contribution in [3.8, 4) is 0 Å². The van der Waals surface area contributed by atoms with E-state index in [0.717, 1.165) is 48.3 Å². The Balaban J connectivity index is 1.49. The molecule has 2 aliphatic heterocycles. The molecule has 0 bridgehead atoms. The van der Waals surface area contributed by atoms with Crippen molar-refractivity contribution in [1.29, 1.82) is 0 Å². The molecule has 32 heavy (non-hydrogen) atoms. The minimum Gasteiger partial charge on any atom is -0.392 e. The molecule has 6 nitrogen and oxygen atoms in total. The van der Waals surface area contributed by atoms with E-state index in [4.69, 9.17) is 9.47 Å². The number of hydrogen-bond donors (Lipinski definition) is 2. The van der Waals surface area contributed by atoms with Gasteiger partial charge in [-0.25, -0.2) is 0 Å². The molecule has 6 heteroatoms. The highest BCUT2D eigenvalue weighted by Gasteiger charge is 2.33. The minimum absolute atomic E-state index is 0.0383. The lowest BCUT2D eigenvalue weighted by Gasteiger charge is -2.39. The fourth-order valence-electron chi connectivity index (χ4n) is 4.48. The molecular weight excluding hydrogens is 404 g/mol. The van der Waals surface area contributed by atoms with Crippen molar-refractivity contribution in [2.45, 2.75) is 64.3 Å². The van der Waals surface area contributed by atoms with Crippen molar-refractivity contribution in [2.24, 2.45) is 0 Å². The summed E-state index contributed by atoms with van der Waals surface area (Å²) in [4.78, 5) is 13.7. The molecule has 0 aliphatic carbocycles. The van der Waals surface area contributed by atoms with E-state index in [9.17, 15) is 9.90 Å². The van der Waals surface area contributed by atoms with Crippen LogP contribution in [0.3, 0.4) is 0 Å². The zero-order valence-corrected chi connectivity index (χ0v) is 18.8. The number of aliphatic hydroxyl groups is 1. The summed E-state index contributed by atoms with van der Waals surface area (Å²) >= 11 is 0. The first kappa shape index (κ1) is 22.9. The number of nitrogens with zero attached hydrogens (tertiary/aromatic N) is 1. The van der Waals surface area contributed by atoms with Crippen LogP contribution >= 0.6 is 0 Å². The Morgan fingerprint density at radius 1 is 0.969 bits per heavy atom. The van der Waals surface area contributed by atoms with Gasteiger partial charge in [-0.05, 0) is 42.6 Å². The molecule has 4 rings (SSSR count). The Kier molecular flexibility index (Phi) is 7.92. The highest BCUT2D eigenvalue weighted by molar-refractivity contribution is 5.72. The third kappa shape index (κ3) is 6.17. The van der Waals surface area contributed by atoms with Gasteiger partial charge < -0.3 is 24.8 Å². The van der Waals surface area contributed by atoms with Crippen LogP contribution < -0.4 is 5.32 Å². The van der Waals surface area contributed by atoms with Gasteiger partial charge >= 0.3 is 0 Å². The number of carbonyl (C=O) groups excluding carboxylic acids is 1. The number of amides is 1. The molecule has 2 N–H and O–H groups in total. The lowest BCUT2D eigenvalue weighted by Crippen LogP contribution is -2.41. The fourth-order valence-corrected chi connectivity index (χ4v) is 4.48. The number of ether oxygens (including phenoxy) is 2. The predicted octanol–water partition coefficient (Wildman–Crippen LogP) is 3.85. The lowest BCUT2D eigenvalue weighted by molar-refractivity contribution is -0.253. The molecule has 0 aromatic heterocycles. The molecule has 0 spiro atoms. The zero-order chi connectivity index (χ0) is 22.3. The summed E-state index contributed by atoms with van der Waals surface area (Å²) in [6.07, 6.45) is 4.24. The van der Waals surface area contributed by atoms with Crippen LogP contribution in [0.1, 0.15) is 67.3 Å². The van der Waals surface area contributed by atoms with Crippen LogP contribution in [0.25, 0.3) is 0 Å². The molecule has 2 saturated heterocycles. The van der Waals surface area contributed by atoms with Crippen molar-refractivity contribution < 1.29 is 19.4 Å². The SMILES string of the molecule is CC(=O)NCc1ccc(C2OC(CN3CCCCC3)CC(c3ccc(CO)cc3)O2)cc1. The Morgan fingerprint density at radius 3 is 2.28 bits per heavy atom. The first-order chi connectivity index (χ1) is 15.6. The first-order valence-electron chi connectivity index (χ1n) is 11.7. The number of benzene rings is 2. The second-order valence-electron chi connectivity index (χ2n) is 8.86. The molecule has 172 valence electrons. The Bertz CT molecular complexity index is 862. The molecule has 3 unspecified atom stereocenters. The van der Waals surface area contributed by atoms with E-state index in [-0.39, 0.29) is 24.7 Å². The van der Waals surface area contributed by atoms with Gasteiger partial charge in [-0.2, -0.15) is 0 Å². The Labute approximate surface area is 190 Å². The molecule has 2 heterocycles. The zero-order valence-electron chi connectivity index (χ0n) is 18.8. The highest BCUT2D eigenvalue weighted by Crippen LogP contribution is 2.38. The van der Waals surface area contributed by atoms with E-state index in [2.05, 4.69) is 10.2 Å². The van der Waals surface area contributed by atoms with Gasteiger partial charge in [-0.1, -0.05) is 55.0 Å². The molecule has 2 aliphatic rings. The molecule has 2 fully saturated rings. The fraction of sp³-hybridized carbons (Fsp3) is 0.500. The van der Waals surface area contributed by atoms with Crippen LogP contribution in [-0.4, -0.2) is 41.7 Å². The van der Waals surface area contributed by atoms with Crippen LogP contribution in [0, 0.1) is 0 Å². The second kappa shape index (κ2) is 11.1. The van der Waals surface area contributed by atoms with E-state index in [0.29, 0.717) is 6.54 Å². The number of nitrogens with one attached hydrogen (secondary N) is 1. The van der Waals surface area contributed by atoms with Crippen LogP contribution in [0.2, 0.25) is 0 Å². The van der Waals surface area contributed by atoms with Gasteiger partial charge in [0.1, 0.15) is 0 Å². The van der Waals surface area contributed by atoms with E-state index in [1.165, 1.54) is 26.2 Å². The van der Waals surface area contributed by atoms with Gasteiger partial charge in [0.25, 0.3) is 0 Å². The number of rotatable bonds is 7. The summed E-state index contributed by atoms with van der Waals surface area (Å²) in [6.45, 7) is 5.27. The number of likely N-dealkylation sites (tertiary alicyclic amines) is 1. The number of hydrogen-bond acceptors (Lipinski definition) is 5. The standard InChI is InChI=1S/C26H34N2O4/c1-19(30)27-16-20-5-11-23(12-6-20)26-31-24(17-28-13-3-2-4-14-28)15-25(32-26)22-9-7-21(18-29)8-10-22/h5-12,24-26,29H,2-4,13-18H2,1H3,(H,27,30). The molecular formula is C26H34N2O4. The maximum absolute atomic E-state index is 11.2. The second-order valence-corrected chi connectivity index (χ2v) is 8.86. The van der Waals surface area contributed by atoms with E-state index in [1.807, 2.05) is 48.5 Å². The molecule has 0 radical (unpaired) electrons. The maximum Gasteiger partial charge on any atom is 0.217 e. The molecule has 2 aromatic rings. The third-order valence-corrected chi connectivity index (χ3v) is 6.32. The number of carbonyl (C=O) groups is 1. The monoisotopic (exact) mass is 438 g/mol. The van der Waals surface area contributed by atoms with Crippen molar-refractivity contribution in [1.82, 2.24) is 10.2 Å². The van der Waals surface area contributed by atoms with Crippen LogP contribution in [0.4, 0.5) is 0 Å². The van der Waals surface area contributed by atoms with E-state index in [1.54, 1.807) is 0 Å². The predicted molar refractivity (Wildman–Crippen MR) is 123 cm³/mol. The van der Waals surface area contributed by atoms with E-state index >= 15 is 0 Å². The Morgan fingerprint density at radius 2 is 1.62 bits per heavy atom. The average molecular weight is 439 g/mol. The topological polar surface area (TPSA) is 71.0 Å². The van der Waals surface area contributed by atoms with Gasteiger partial charge in [-0.15, -0.1) is 0 Å². The van der Waals surface area contributed by atoms with Crippen molar-refractivity contribution in [3.63, 3.8) is 0 Å². The molecule has 2 aromatic carbocycles. The summed E-state index contributed by atoms with van der Waals surface area (Å²) in [5.74, 6) is -0.0383.